The van der Waals surface area contributed by atoms with Crippen LogP contribution in [0.25, 0.3) is 10.2 Å². The molecule has 10 heavy (non-hydrogen) atoms. The van der Waals surface area contributed by atoms with E-state index in [1.54, 1.807) is 12.4 Å². The Labute approximate surface area is 61.9 Å². The van der Waals surface area contributed by atoms with Crippen LogP contribution in [-0.4, -0.2) is 14.3 Å². The molecule has 0 saturated heterocycles. The van der Waals surface area contributed by atoms with Gasteiger partial charge >= 0.3 is 0 Å². The van der Waals surface area contributed by atoms with Gasteiger partial charge in [0.05, 0.1) is 6.20 Å². The Morgan fingerprint density at radius 1 is 1.40 bits per heavy atom. The van der Waals surface area contributed by atoms with Gasteiger partial charge in [-0.05, 0) is 18.5 Å². The highest BCUT2D eigenvalue weighted by Crippen LogP contribution is 2.12. The third kappa shape index (κ3) is 0.769. The summed E-state index contributed by atoms with van der Waals surface area (Å²) in [5.41, 5.74) is 0. The zero-order valence-corrected chi connectivity index (χ0v) is 6.22. The maximum absolute atomic E-state index is 4.18. The molecule has 2 aromatic rings. The first-order chi connectivity index (χ1) is 4.86. The Kier molecular flexibility index (Phi) is 1.14. The van der Waals surface area contributed by atoms with Crippen molar-refractivity contribution in [2.24, 2.45) is 0 Å². The van der Waals surface area contributed by atoms with Crippen LogP contribution in [0.2, 0.25) is 0 Å². The molecule has 0 radical (unpaired) electrons. The third-order valence-corrected chi connectivity index (χ3v) is 1.94. The maximum atomic E-state index is 4.18. The summed E-state index contributed by atoms with van der Waals surface area (Å²) in [6.07, 6.45) is 3.57. The molecule has 3 nitrogen and oxygen atoms in total. The van der Waals surface area contributed by atoms with Gasteiger partial charge in [-0.1, -0.05) is 0 Å². The van der Waals surface area contributed by atoms with Crippen molar-refractivity contribution >= 4 is 21.7 Å². The van der Waals surface area contributed by atoms with Crippen molar-refractivity contribution in [3.63, 3.8) is 0 Å². The predicted molar refractivity (Wildman–Crippen MR) is 39.9 cm³/mol. The zero-order valence-electron chi connectivity index (χ0n) is 5.40. The van der Waals surface area contributed by atoms with Gasteiger partial charge < -0.3 is 0 Å². The average Bonchev–Trinajstić information content (AvgIpc) is 2.33. The standard InChI is InChI=1S/C6H5N3S/c1-4-7-2-5-3-8-10-6(5)9-4/h2-3H,1H3. The van der Waals surface area contributed by atoms with E-state index in [1.165, 1.54) is 11.5 Å². The lowest BCUT2D eigenvalue weighted by Crippen LogP contribution is -1.82. The van der Waals surface area contributed by atoms with E-state index in [1.807, 2.05) is 6.92 Å². The minimum atomic E-state index is 0.803. The molecule has 4 heteroatoms. The van der Waals surface area contributed by atoms with Crippen LogP contribution < -0.4 is 0 Å². The van der Waals surface area contributed by atoms with E-state index in [-0.39, 0.29) is 0 Å². The number of hydrogen-bond acceptors (Lipinski definition) is 4. The second-order valence-corrected chi connectivity index (χ2v) is 2.78. The first-order valence-electron chi connectivity index (χ1n) is 2.90. The topological polar surface area (TPSA) is 38.7 Å². The molecule has 0 bridgehead atoms. The molecule has 0 N–H and O–H groups in total. The number of fused-ring (bicyclic) bond motifs is 1. The maximum Gasteiger partial charge on any atom is 0.147 e. The van der Waals surface area contributed by atoms with Gasteiger partial charge in [-0.2, -0.15) is 4.37 Å². The number of nitrogens with zero attached hydrogens (tertiary/aromatic N) is 3. The molecule has 0 aliphatic carbocycles. The van der Waals surface area contributed by atoms with Gasteiger partial charge in [0.2, 0.25) is 0 Å². The molecule has 0 aromatic carbocycles. The van der Waals surface area contributed by atoms with Gasteiger partial charge in [0.1, 0.15) is 10.7 Å². The second-order valence-electron chi connectivity index (χ2n) is 2.00. The van der Waals surface area contributed by atoms with E-state index < -0.39 is 0 Å². The molecule has 2 rings (SSSR count). The van der Waals surface area contributed by atoms with Gasteiger partial charge in [-0.25, -0.2) is 9.97 Å². The Morgan fingerprint density at radius 3 is 3.20 bits per heavy atom. The minimum Gasteiger partial charge on any atom is -0.241 e. The van der Waals surface area contributed by atoms with E-state index in [9.17, 15) is 0 Å². The molecule has 2 heterocycles. The molecule has 0 aliphatic rings. The van der Waals surface area contributed by atoms with E-state index in [0.29, 0.717) is 0 Å². The summed E-state index contributed by atoms with van der Waals surface area (Å²) in [7, 11) is 0. The summed E-state index contributed by atoms with van der Waals surface area (Å²) in [4.78, 5) is 9.18. The van der Waals surface area contributed by atoms with Crippen LogP contribution in [0.1, 0.15) is 5.82 Å². The first-order valence-corrected chi connectivity index (χ1v) is 3.67. The highest BCUT2D eigenvalue weighted by atomic mass is 32.1. The molecule has 0 spiro atoms. The lowest BCUT2D eigenvalue weighted by atomic mass is 10.4. The van der Waals surface area contributed by atoms with Crippen molar-refractivity contribution in [2.75, 3.05) is 0 Å². The molecular formula is C6H5N3S. The van der Waals surface area contributed by atoms with E-state index >= 15 is 0 Å². The van der Waals surface area contributed by atoms with Crippen molar-refractivity contribution in [2.45, 2.75) is 6.92 Å². The molecule has 0 amide bonds. The average molecular weight is 151 g/mol. The Bertz CT molecular complexity index is 355. The zero-order chi connectivity index (χ0) is 6.97. The van der Waals surface area contributed by atoms with Gasteiger partial charge in [0.25, 0.3) is 0 Å². The van der Waals surface area contributed by atoms with Crippen molar-refractivity contribution in [1.29, 1.82) is 0 Å². The molecular weight excluding hydrogens is 146 g/mol. The largest absolute Gasteiger partial charge is 0.241 e. The van der Waals surface area contributed by atoms with Gasteiger partial charge in [-0.15, -0.1) is 0 Å². The van der Waals surface area contributed by atoms with Crippen LogP contribution in [0.5, 0.6) is 0 Å². The molecule has 2 aromatic heterocycles. The predicted octanol–water partition coefficient (Wildman–Crippen LogP) is 1.39. The smallest absolute Gasteiger partial charge is 0.147 e. The lowest BCUT2D eigenvalue weighted by Gasteiger charge is -1.87. The van der Waals surface area contributed by atoms with Crippen LogP contribution in [-0.2, 0) is 0 Å². The van der Waals surface area contributed by atoms with Crippen LogP contribution in [0, 0.1) is 6.92 Å². The van der Waals surface area contributed by atoms with Crippen LogP contribution >= 0.6 is 11.5 Å². The minimum absolute atomic E-state index is 0.803. The Hall–Kier alpha value is -1.03. The van der Waals surface area contributed by atoms with E-state index in [4.69, 9.17) is 0 Å². The normalized spacial score (nSPS) is 10.5. The number of aryl methyl sites for hydroxylation is 1. The quantitative estimate of drug-likeness (QED) is 0.571. The lowest BCUT2D eigenvalue weighted by molar-refractivity contribution is 1.10. The summed E-state index contributed by atoms with van der Waals surface area (Å²) in [6.45, 7) is 1.87. The monoisotopic (exact) mass is 151 g/mol. The molecule has 0 unspecified atom stereocenters. The van der Waals surface area contributed by atoms with Gasteiger partial charge in [-0.3, -0.25) is 0 Å². The summed E-state index contributed by atoms with van der Waals surface area (Å²) in [6, 6.07) is 0. The fraction of sp³-hybridized carbons (Fsp3) is 0.167. The highest BCUT2D eigenvalue weighted by molar-refractivity contribution is 7.12. The molecule has 0 atom stereocenters. The highest BCUT2D eigenvalue weighted by Gasteiger charge is 1.96. The molecule has 0 fully saturated rings. The fourth-order valence-electron chi connectivity index (χ4n) is 0.753. The number of aromatic nitrogens is 3. The second kappa shape index (κ2) is 1.98. The van der Waals surface area contributed by atoms with Gasteiger partial charge in [0.15, 0.2) is 0 Å². The number of rotatable bonds is 0. The van der Waals surface area contributed by atoms with Crippen molar-refractivity contribution in [3.05, 3.63) is 18.2 Å². The van der Waals surface area contributed by atoms with Crippen LogP contribution in [0.15, 0.2) is 12.4 Å². The van der Waals surface area contributed by atoms with Gasteiger partial charge in [0, 0.05) is 11.6 Å². The molecule has 50 valence electrons. The number of hydrogen-bond donors (Lipinski definition) is 0. The van der Waals surface area contributed by atoms with E-state index in [0.717, 1.165) is 16.0 Å². The molecule has 0 aliphatic heterocycles. The van der Waals surface area contributed by atoms with Crippen molar-refractivity contribution < 1.29 is 0 Å². The van der Waals surface area contributed by atoms with Crippen LogP contribution in [0.3, 0.4) is 0 Å². The Morgan fingerprint density at radius 2 is 2.30 bits per heavy atom. The fourth-order valence-corrected chi connectivity index (χ4v) is 1.40. The van der Waals surface area contributed by atoms with Crippen LogP contribution in [0.4, 0.5) is 0 Å². The van der Waals surface area contributed by atoms with E-state index in [2.05, 4.69) is 14.3 Å². The third-order valence-electron chi connectivity index (χ3n) is 1.23. The van der Waals surface area contributed by atoms with Crippen molar-refractivity contribution in [3.8, 4) is 0 Å². The summed E-state index contributed by atoms with van der Waals surface area (Å²) in [5, 5.41) is 1.02. The summed E-state index contributed by atoms with van der Waals surface area (Å²) < 4.78 is 3.98. The summed E-state index contributed by atoms with van der Waals surface area (Å²) in [5.74, 6) is 0.803. The summed E-state index contributed by atoms with van der Waals surface area (Å²) >= 11 is 1.40. The molecule has 0 saturated carbocycles. The first kappa shape index (κ1) is 5.73. The van der Waals surface area contributed by atoms with Crippen molar-refractivity contribution in [1.82, 2.24) is 14.3 Å². The Balaban J connectivity index is 2.86. The SMILES string of the molecule is Cc1ncc2cnsc2n1.